The second-order valence-corrected chi connectivity index (χ2v) is 14.7. The molecule has 0 aromatic heterocycles. The van der Waals surface area contributed by atoms with E-state index in [-0.39, 0.29) is 38.3 Å². The molecule has 0 heterocycles. The van der Waals surface area contributed by atoms with Gasteiger partial charge in [-0.05, 0) is 120 Å². The number of esters is 1. The fourth-order valence-corrected chi connectivity index (χ4v) is 5.24. The van der Waals surface area contributed by atoms with Crippen molar-refractivity contribution in [3.8, 4) is 0 Å². The average Bonchev–Trinajstić information content (AvgIpc) is 3.08. The molecule has 0 spiro atoms. The van der Waals surface area contributed by atoms with E-state index in [0.717, 1.165) is 49.7 Å². The molecule has 0 atom stereocenters. The summed E-state index contributed by atoms with van der Waals surface area (Å²) in [5, 5.41) is 38.3. The summed E-state index contributed by atoms with van der Waals surface area (Å²) < 4.78 is 17.3. The summed E-state index contributed by atoms with van der Waals surface area (Å²) in [4.78, 5) is 29.1. The smallest absolute Gasteiger partial charge is 0.320 e. The van der Waals surface area contributed by atoms with E-state index in [4.69, 9.17) is 14.2 Å². The molecule has 0 saturated heterocycles. The van der Waals surface area contributed by atoms with Crippen molar-refractivity contribution in [3.63, 3.8) is 0 Å². The molecule has 52 heavy (non-hydrogen) atoms. The quantitative estimate of drug-likeness (QED) is 0.0344. The van der Waals surface area contributed by atoms with E-state index in [9.17, 15) is 30.0 Å². The molecular formula is C43H72O9. The lowest BCUT2D eigenvalue weighted by molar-refractivity contribution is -0.175. The molecule has 298 valence electrons. The molecule has 0 rings (SSSR count). The van der Waals surface area contributed by atoms with Gasteiger partial charge in [0.2, 0.25) is 0 Å². The molecule has 9 heteroatoms. The molecule has 0 radical (unpaired) electrons. The first-order valence-corrected chi connectivity index (χ1v) is 18.9. The van der Waals surface area contributed by atoms with Gasteiger partial charge >= 0.3 is 5.97 Å². The monoisotopic (exact) mass is 733 g/mol. The minimum Gasteiger partial charge on any atom is -0.457 e. The molecular weight excluding hydrogens is 660 g/mol. The first-order chi connectivity index (χ1) is 24.6. The van der Waals surface area contributed by atoms with Crippen LogP contribution in [0.5, 0.6) is 0 Å². The van der Waals surface area contributed by atoms with E-state index in [1.807, 2.05) is 26.0 Å². The molecule has 0 bridgehead atoms. The van der Waals surface area contributed by atoms with Gasteiger partial charge in [0.25, 0.3) is 0 Å². The predicted octanol–water partition coefficient (Wildman–Crippen LogP) is 7.83. The molecule has 0 unspecified atom stereocenters. The van der Waals surface area contributed by atoms with Gasteiger partial charge in [0.1, 0.15) is 23.7 Å². The van der Waals surface area contributed by atoms with Crippen LogP contribution in [0.2, 0.25) is 0 Å². The molecule has 0 fully saturated rings. The summed E-state index contributed by atoms with van der Waals surface area (Å²) in [5.41, 5.74) is 5.48. The third kappa shape index (κ3) is 22.4. The molecule has 0 aromatic rings. The number of carbonyl (C=O) groups is 2. The number of hydrogen-bond donors (Lipinski definition) is 4. The Labute approximate surface area is 315 Å². The van der Waals surface area contributed by atoms with E-state index in [2.05, 4.69) is 72.8 Å². The van der Waals surface area contributed by atoms with Crippen molar-refractivity contribution in [1.29, 1.82) is 0 Å². The zero-order valence-corrected chi connectivity index (χ0v) is 33.8. The molecule has 0 aliphatic carbocycles. The number of hydrogen-bond acceptors (Lipinski definition) is 9. The van der Waals surface area contributed by atoms with E-state index in [0.29, 0.717) is 6.42 Å². The Morgan fingerprint density at radius 2 is 0.846 bits per heavy atom. The van der Waals surface area contributed by atoms with Crippen molar-refractivity contribution in [2.45, 2.75) is 145 Å². The average molecular weight is 733 g/mol. The topological polar surface area (TPSA) is 143 Å². The van der Waals surface area contributed by atoms with E-state index < -0.39 is 56.1 Å². The number of rotatable bonds is 29. The maximum Gasteiger partial charge on any atom is 0.320 e. The third-order valence-corrected chi connectivity index (χ3v) is 8.78. The second kappa shape index (κ2) is 28.8. The van der Waals surface area contributed by atoms with E-state index in [1.54, 1.807) is 0 Å². The fourth-order valence-electron chi connectivity index (χ4n) is 5.24. The highest BCUT2D eigenvalue weighted by Crippen LogP contribution is 2.36. The Kier molecular flexibility index (Phi) is 27.3. The summed E-state index contributed by atoms with van der Waals surface area (Å²) in [6.45, 7) is 16.2. The SMILES string of the molecule is CC(C)=CCCC(C)=CCC(CC=C(C)CCC=C(C)C)(C(=O)CC/C=C(\C)CCC=C(C)C)C(=O)OC(COC(CO)CO)COC(CO)CO. The van der Waals surface area contributed by atoms with Crippen molar-refractivity contribution in [1.82, 2.24) is 0 Å². The van der Waals surface area contributed by atoms with Gasteiger partial charge in [0.05, 0.1) is 39.6 Å². The highest BCUT2D eigenvalue weighted by atomic mass is 16.6. The van der Waals surface area contributed by atoms with Gasteiger partial charge in [-0.25, -0.2) is 0 Å². The van der Waals surface area contributed by atoms with Crippen molar-refractivity contribution >= 4 is 11.8 Å². The Bertz CT molecular complexity index is 1140. The summed E-state index contributed by atoms with van der Waals surface area (Å²) in [7, 11) is 0. The fraction of sp³-hybridized carbons (Fsp3) is 0.674. The minimum atomic E-state index is -1.54. The van der Waals surface area contributed by atoms with E-state index in [1.165, 1.54) is 22.3 Å². The lowest BCUT2D eigenvalue weighted by Gasteiger charge is -2.32. The van der Waals surface area contributed by atoms with Gasteiger partial charge in [0.15, 0.2) is 5.78 Å². The summed E-state index contributed by atoms with van der Waals surface area (Å²) in [6, 6.07) is 0. The summed E-state index contributed by atoms with van der Waals surface area (Å²) >= 11 is 0. The zero-order valence-electron chi connectivity index (χ0n) is 33.8. The first-order valence-electron chi connectivity index (χ1n) is 18.9. The summed E-state index contributed by atoms with van der Waals surface area (Å²) in [6.07, 6.45) is 15.7. The van der Waals surface area contributed by atoms with Crippen LogP contribution in [0.1, 0.15) is 127 Å². The number of ether oxygens (including phenoxy) is 3. The largest absolute Gasteiger partial charge is 0.457 e. The molecule has 0 amide bonds. The van der Waals surface area contributed by atoms with Crippen LogP contribution in [-0.2, 0) is 23.8 Å². The molecule has 4 N–H and O–H groups in total. The highest BCUT2D eigenvalue weighted by Gasteiger charge is 2.46. The van der Waals surface area contributed by atoms with Gasteiger partial charge in [-0.3, -0.25) is 9.59 Å². The van der Waals surface area contributed by atoms with Crippen molar-refractivity contribution in [3.05, 3.63) is 69.9 Å². The molecule has 0 aliphatic heterocycles. The molecule has 0 aliphatic rings. The van der Waals surface area contributed by atoms with Crippen LogP contribution < -0.4 is 0 Å². The number of carbonyl (C=O) groups excluding carboxylic acids is 2. The molecule has 9 nitrogen and oxygen atoms in total. The number of allylic oxidation sites excluding steroid dienone is 12. The van der Waals surface area contributed by atoms with Crippen LogP contribution in [-0.4, -0.2) is 90.1 Å². The van der Waals surface area contributed by atoms with E-state index >= 15 is 0 Å². The third-order valence-electron chi connectivity index (χ3n) is 8.78. The second-order valence-electron chi connectivity index (χ2n) is 14.7. The van der Waals surface area contributed by atoms with Crippen LogP contribution in [0.4, 0.5) is 0 Å². The van der Waals surface area contributed by atoms with Crippen molar-refractivity contribution in [2.24, 2.45) is 5.41 Å². The predicted molar refractivity (Wildman–Crippen MR) is 211 cm³/mol. The normalized spacial score (nSPS) is 13.7. The van der Waals surface area contributed by atoms with Crippen LogP contribution in [0.3, 0.4) is 0 Å². The van der Waals surface area contributed by atoms with Crippen molar-refractivity contribution in [2.75, 3.05) is 39.6 Å². The number of Topliss-reactive ketones (excluding diaryl/α,β-unsaturated/α-hetero) is 1. The van der Waals surface area contributed by atoms with Gasteiger partial charge in [0, 0.05) is 6.42 Å². The molecule has 0 saturated carbocycles. The zero-order chi connectivity index (χ0) is 39.5. The van der Waals surface area contributed by atoms with Gasteiger partial charge in [-0.1, -0.05) is 69.9 Å². The number of aliphatic hydroxyl groups excluding tert-OH is 4. The molecule has 0 aromatic carbocycles. The summed E-state index contributed by atoms with van der Waals surface area (Å²) in [5.74, 6) is -0.935. The Morgan fingerprint density at radius 3 is 1.19 bits per heavy atom. The number of ketones is 1. The van der Waals surface area contributed by atoms with Crippen LogP contribution in [0.15, 0.2) is 69.9 Å². The Hall–Kier alpha value is -2.66. The lowest BCUT2D eigenvalue weighted by Crippen LogP contribution is -2.44. The standard InChI is InChI=1S/C43H72O9/c1-32(2)14-10-17-35(7)20-13-21-41(48)43(24-22-36(8)18-11-15-33(3)4,25-23-37(9)19-12-16-34(5)6)42(49)52-40(30-50-38(26-44)27-45)31-51-39(28-46)29-47/h14-16,20,22-23,38-40,44-47H,10-13,17-19,21,24-31H2,1-9H3/b35-20+,36-22?,37-23?. The minimum absolute atomic E-state index is 0.145. The van der Waals surface area contributed by atoms with Crippen LogP contribution in [0, 0.1) is 5.41 Å². The maximum atomic E-state index is 14.6. The Morgan fingerprint density at radius 1 is 0.500 bits per heavy atom. The Balaban J connectivity index is 6.90. The first kappa shape index (κ1) is 49.3. The number of aliphatic hydroxyl groups is 4. The lowest BCUT2D eigenvalue weighted by atomic mass is 9.74. The van der Waals surface area contributed by atoms with Crippen LogP contribution in [0.25, 0.3) is 0 Å². The van der Waals surface area contributed by atoms with Crippen molar-refractivity contribution < 1.29 is 44.2 Å². The van der Waals surface area contributed by atoms with Gasteiger partial charge in [-0.2, -0.15) is 0 Å². The highest BCUT2D eigenvalue weighted by molar-refractivity contribution is 6.04. The van der Waals surface area contributed by atoms with Gasteiger partial charge < -0.3 is 34.6 Å². The van der Waals surface area contributed by atoms with Crippen LogP contribution >= 0.6 is 0 Å². The maximum absolute atomic E-state index is 14.6. The van der Waals surface area contributed by atoms with Gasteiger partial charge in [-0.15, -0.1) is 0 Å².